The Hall–Kier alpha value is -0.0800. The Bertz CT molecular complexity index is 185. The van der Waals surface area contributed by atoms with Gasteiger partial charge >= 0.3 is 0 Å². The summed E-state index contributed by atoms with van der Waals surface area (Å²) in [7, 11) is 0. The minimum Gasteiger partial charge on any atom is -0.309 e. The molecule has 2 nitrogen and oxygen atoms in total. The van der Waals surface area contributed by atoms with E-state index >= 15 is 0 Å². The molecule has 0 radical (unpaired) electrons. The summed E-state index contributed by atoms with van der Waals surface area (Å²) in [6.07, 6.45) is 5.92. The van der Waals surface area contributed by atoms with E-state index in [0.717, 1.165) is 12.5 Å². The molecular formula is C12H24N2. The third kappa shape index (κ3) is 2.71. The van der Waals surface area contributed by atoms with E-state index in [-0.39, 0.29) is 0 Å². The Labute approximate surface area is 88.1 Å². The van der Waals surface area contributed by atoms with E-state index in [1.165, 1.54) is 45.3 Å². The van der Waals surface area contributed by atoms with Crippen LogP contribution in [0.2, 0.25) is 0 Å². The Kier molecular flexibility index (Phi) is 3.13. The van der Waals surface area contributed by atoms with Gasteiger partial charge in [0.25, 0.3) is 0 Å². The molecule has 0 aromatic heterocycles. The lowest BCUT2D eigenvalue weighted by atomic mass is 9.83. The number of hydrogen-bond donors (Lipinski definition) is 1. The summed E-state index contributed by atoms with van der Waals surface area (Å²) in [6.45, 7) is 9.58. The van der Waals surface area contributed by atoms with Crippen LogP contribution in [0.25, 0.3) is 0 Å². The van der Waals surface area contributed by atoms with E-state index < -0.39 is 0 Å². The van der Waals surface area contributed by atoms with Crippen molar-refractivity contribution in [1.82, 2.24) is 10.2 Å². The number of piperazine rings is 1. The standard InChI is InChI=1S/C12H24N2/c1-12(2)10-14(9-7-13-12)8-6-11-4-3-5-11/h11,13H,3-10H2,1-2H3. The lowest BCUT2D eigenvalue weighted by molar-refractivity contribution is 0.137. The van der Waals surface area contributed by atoms with Crippen LogP contribution in [0.4, 0.5) is 0 Å². The molecule has 0 aromatic carbocycles. The van der Waals surface area contributed by atoms with Crippen LogP contribution in [0.3, 0.4) is 0 Å². The molecule has 1 N–H and O–H groups in total. The molecule has 1 heterocycles. The summed E-state index contributed by atoms with van der Waals surface area (Å²) in [6, 6.07) is 0. The smallest absolute Gasteiger partial charge is 0.0252 e. The number of rotatable bonds is 3. The highest BCUT2D eigenvalue weighted by Gasteiger charge is 2.26. The second-order valence-corrected chi connectivity index (χ2v) is 5.67. The fourth-order valence-electron chi connectivity index (χ4n) is 2.58. The monoisotopic (exact) mass is 196 g/mol. The van der Waals surface area contributed by atoms with Crippen LogP contribution >= 0.6 is 0 Å². The summed E-state index contributed by atoms with van der Waals surface area (Å²) in [4.78, 5) is 2.63. The number of nitrogens with zero attached hydrogens (tertiary/aromatic N) is 1. The topological polar surface area (TPSA) is 15.3 Å². The number of hydrogen-bond acceptors (Lipinski definition) is 2. The summed E-state index contributed by atoms with van der Waals surface area (Å²) in [5.41, 5.74) is 0.331. The highest BCUT2D eigenvalue weighted by atomic mass is 15.2. The van der Waals surface area contributed by atoms with Gasteiger partial charge in [0.1, 0.15) is 0 Å². The lowest BCUT2D eigenvalue weighted by Gasteiger charge is -2.40. The average Bonchev–Trinajstić information content (AvgIpc) is 1.99. The average molecular weight is 196 g/mol. The lowest BCUT2D eigenvalue weighted by Crippen LogP contribution is -2.57. The van der Waals surface area contributed by atoms with E-state index in [1.54, 1.807) is 0 Å². The molecule has 14 heavy (non-hydrogen) atoms. The van der Waals surface area contributed by atoms with Gasteiger partial charge in [0.2, 0.25) is 0 Å². The van der Waals surface area contributed by atoms with Crippen LogP contribution < -0.4 is 5.32 Å². The van der Waals surface area contributed by atoms with Crippen molar-refractivity contribution in [3.05, 3.63) is 0 Å². The highest BCUT2D eigenvalue weighted by Crippen LogP contribution is 2.29. The zero-order valence-electron chi connectivity index (χ0n) is 9.68. The van der Waals surface area contributed by atoms with E-state index in [1.807, 2.05) is 0 Å². The first-order valence-corrected chi connectivity index (χ1v) is 6.13. The largest absolute Gasteiger partial charge is 0.309 e. The molecule has 2 rings (SSSR count). The minimum absolute atomic E-state index is 0.331. The van der Waals surface area contributed by atoms with Crippen molar-refractivity contribution in [2.45, 2.75) is 45.1 Å². The quantitative estimate of drug-likeness (QED) is 0.741. The molecule has 0 spiro atoms. The summed E-state index contributed by atoms with van der Waals surface area (Å²) < 4.78 is 0. The van der Waals surface area contributed by atoms with E-state index in [4.69, 9.17) is 0 Å². The summed E-state index contributed by atoms with van der Waals surface area (Å²) in [5, 5.41) is 3.56. The molecule has 1 aliphatic carbocycles. The summed E-state index contributed by atoms with van der Waals surface area (Å²) >= 11 is 0. The third-order valence-electron chi connectivity index (χ3n) is 3.73. The molecule has 82 valence electrons. The van der Waals surface area contributed by atoms with E-state index in [0.29, 0.717) is 5.54 Å². The van der Waals surface area contributed by atoms with Gasteiger partial charge < -0.3 is 10.2 Å². The molecule has 1 saturated heterocycles. The van der Waals surface area contributed by atoms with Gasteiger partial charge in [-0.25, -0.2) is 0 Å². The molecule has 0 bridgehead atoms. The maximum atomic E-state index is 3.56. The van der Waals surface area contributed by atoms with Crippen LogP contribution in [0, 0.1) is 5.92 Å². The summed E-state index contributed by atoms with van der Waals surface area (Å²) in [5.74, 6) is 1.06. The first-order chi connectivity index (χ1) is 6.66. The third-order valence-corrected chi connectivity index (χ3v) is 3.73. The molecule has 0 amide bonds. The van der Waals surface area contributed by atoms with Crippen molar-refractivity contribution in [1.29, 1.82) is 0 Å². The molecule has 0 unspecified atom stereocenters. The van der Waals surface area contributed by atoms with Crippen molar-refractivity contribution >= 4 is 0 Å². The first kappa shape index (κ1) is 10.4. The van der Waals surface area contributed by atoms with Gasteiger partial charge in [-0.3, -0.25) is 0 Å². The molecule has 1 saturated carbocycles. The molecule has 1 aliphatic heterocycles. The molecule has 2 fully saturated rings. The Balaban J connectivity index is 1.69. The molecule has 2 heteroatoms. The molecule has 0 atom stereocenters. The predicted octanol–water partition coefficient (Wildman–Crippen LogP) is 1.86. The van der Waals surface area contributed by atoms with Crippen molar-refractivity contribution in [2.24, 2.45) is 5.92 Å². The van der Waals surface area contributed by atoms with Crippen molar-refractivity contribution in [2.75, 3.05) is 26.2 Å². The van der Waals surface area contributed by atoms with Crippen LogP contribution in [-0.4, -0.2) is 36.6 Å². The van der Waals surface area contributed by atoms with Crippen molar-refractivity contribution < 1.29 is 0 Å². The van der Waals surface area contributed by atoms with Gasteiger partial charge in [-0.1, -0.05) is 19.3 Å². The van der Waals surface area contributed by atoms with Gasteiger partial charge in [0, 0.05) is 25.2 Å². The Morgan fingerprint density at radius 1 is 1.36 bits per heavy atom. The zero-order valence-corrected chi connectivity index (χ0v) is 9.68. The molecular weight excluding hydrogens is 172 g/mol. The molecule has 2 aliphatic rings. The van der Waals surface area contributed by atoms with Gasteiger partial charge in [-0.15, -0.1) is 0 Å². The maximum Gasteiger partial charge on any atom is 0.0252 e. The van der Waals surface area contributed by atoms with Gasteiger partial charge in [0.05, 0.1) is 0 Å². The van der Waals surface area contributed by atoms with Gasteiger partial charge in [-0.2, -0.15) is 0 Å². The fraction of sp³-hybridized carbons (Fsp3) is 1.00. The van der Waals surface area contributed by atoms with Crippen molar-refractivity contribution in [3.63, 3.8) is 0 Å². The first-order valence-electron chi connectivity index (χ1n) is 6.13. The van der Waals surface area contributed by atoms with E-state index in [9.17, 15) is 0 Å². The maximum absolute atomic E-state index is 3.56. The van der Waals surface area contributed by atoms with E-state index in [2.05, 4.69) is 24.1 Å². The predicted molar refractivity (Wildman–Crippen MR) is 60.5 cm³/mol. The Morgan fingerprint density at radius 2 is 2.14 bits per heavy atom. The molecule has 0 aromatic rings. The fourth-order valence-corrected chi connectivity index (χ4v) is 2.58. The highest BCUT2D eigenvalue weighted by molar-refractivity contribution is 4.87. The van der Waals surface area contributed by atoms with Gasteiger partial charge in [-0.05, 0) is 32.7 Å². The zero-order chi connectivity index (χ0) is 10.0. The SMILES string of the molecule is CC1(C)CN(CCC2CCC2)CCN1. The Morgan fingerprint density at radius 3 is 2.71 bits per heavy atom. The van der Waals surface area contributed by atoms with Gasteiger partial charge in [0.15, 0.2) is 0 Å². The van der Waals surface area contributed by atoms with Crippen LogP contribution in [0.1, 0.15) is 39.5 Å². The number of nitrogens with one attached hydrogen (secondary N) is 1. The van der Waals surface area contributed by atoms with Crippen LogP contribution in [0.15, 0.2) is 0 Å². The van der Waals surface area contributed by atoms with Crippen LogP contribution in [0.5, 0.6) is 0 Å². The van der Waals surface area contributed by atoms with Crippen molar-refractivity contribution in [3.8, 4) is 0 Å². The minimum atomic E-state index is 0.331. The van der Waals surface area contributed by atoms with Crippen LogP contribution in [-0.2, 0) is 0 Å². The second-order valence-electron chi connectivity index (χ2n) is 5.67. The second kappa shape index (κ2) is 4.19. The normalized spacial score (nSPS) is 28.7.